The first-order valence-electron chi connectivity index (χ1n) is 18.4. The molecule has 0 N–H and O–H groups in total. The summed E-state index contributed by atoms with van der Waals surface area (Å²) < 4.78 is 2.59. The van der Waals surface area contributed by atoms with Gasteiger partial charge in [-0.25, -0.2) is 0 Å². The molecule has 1 heterocycles. The molecular formula is C52H35NS. The van der Waals surface area contributed by atoms with Gasteiger partial charge in [-0.2, -0.15) is 0 Å². The van der Waals surface area contributed by atoms with Crippen LogP contribution in [0.15, 0.2) is 212 Å². The summed E-state index contributed by atoms with van der Waals surface area (Å²) in [6.45, 7) is 0. The van der Waals surface area contributed by atoms with Gasteiger partial charge in [-0.15, -0.1) is 11.3 Å². The third-order valence-corrected chi connectivity index (χ3v) is 11.7. The summed E-state index contributed by atoms with van der Waals surface area (Å²) >= 11 is 1.88. The van der Waals surface area contributed by atoms with Gasteiger partial charge in [0.25, 0.3) is 0 Å². The molecule has 54 heavy (non-hydrogen) atoms. The Balaban J connectivity index is 1.19. The first-order chi connectivity index (χ1) is 26.8. The molecule has 0 unspecified atom stereocenters. The Bertz CT molecular complexity index is 2910. The standard InChI is InChI=1S/C52H35NS/c1-3-13-36(14-4-1)38-23-25-39(26-24-38)40-29-31-44(32-30-40)53(48-21-11-9-19-45(48)41-16-5-2-6-17-41)49-34-33-47-46-20-10-12-22-50(46)54-52(47)51(49)43-28-27-37-15-7-8-18-42(37)35-43/h1-35H. The molecule has 0 aliphatic carbocycles. The van der Waals surface area contributed by atoms with Crippen molar-refractivity contribution in [2.75, 3.05) is 4.90 Å². The highest BCUT2D eigenvalue weighted by molar-refractivity contribution is 7.26. The number of fused-ring (bicyclic) bond motifs is 4. The van der Waals surface area contributed by atoms with E-state index >= 15 is 0 Å². The average Bonchev–Trinajstić information content (AvgIpc) is 3.63. The Hall–Kier alpha value is -6.74. The van der Waals surface area contributed by atoms with Gasteiger partial charge >= 0.3 is 0 Å². The van der Waals surface area contributed by atoms with E-state index in [0.29, 0.717) is 0 Å². The summed E-state index contributed by atoms with van der Waals surface area (Å²) in [4.78, 5) is 2.47. The highest BCUT2D eigenvalue weighted by Crippen LogP contribution is 2.50. The molecule has 0 saturated heterocycles. The number of thiophene rings is 1. The van der Waals surface area contributed by atoms with E-state index in [0.717, 1.165) is 17.1 Å². The molecule has 10 rings (SSSR count). The fourth-order valence-corrected chi connectivity index (χ4v) is 9.08. The summed E-state index contributed by atoms with van der Waals surface area (Å²) in [7, 11) is 0. The molecule has 1 aromatic heterocycles. The second-order valence-corrected chi connectivity index (χ2v) is 14.8. The van der Waals surface area contributed by atoms with Crippen LogP contribution in [-0.2, 0) is 0 Å². The molecular weight excluding hydrogens is 671 g/mol. The molecule has 9 aromatic carbocycles. The van der Waals surface area contributed by atoms with E-state index in [9.17, 15) is 0 Å². The predicted octanol–water partition coefficient (Wildman–Crippen LogP) is 15.3. The van der Waals surface area contributed by atoms with Crippen LogP contribution in [0.25, 0.3) is 75.5 Å². The van der Waals surface area contributed by atoms with Crippen molar-refractivity contribution in [1.82, 2.24) is 0 Å². The van der Waals surface area contributed by atoms with Gasteiger partial charge in [0.05, 0.1) is 11.4 Å². The van der Waals surface area contributed by atoms with E-state index in [4.69, 9.17) is 0 Å². The Morgan fingerprint density at radius 1 is 0.333 bits per heavy atom. The largest absolute Gasteiger partial charge is 0.309 e. The smallest absolute Gasteiger partial charge is 0.0554 e. The number of nitrogens with zero attached hydrogens (tertiary/aromatic N) is 1. The number of para-hydroxylation sites is 1. The number of benzene rings is 9. The monoisotopic (exact) mass is 705 g/mol. The number of anilines is 3. The fourth-order valence-electron chi connectivity index (χ4n) is 7.82. The van der Waals surface area contributed by atoms with Crippen LogP contribution in [0.5, 0.6) is 0 Å². The third kappa shape index (κ3) is 5.74. The molecule has 0 radical (unpaired) electrons. The molecule has 0 aliphatic heterocycles. The van der Waals surface area contributed by atoms with Crippen LogP contribution in [0.2, 0.25) is 0 Å². The van der Waals surface area contributed by atoms with Gasteiger partial charge in [0.2, 0.25) is 0 Å². The molecule has 0 fully saturated rings. The first kappa shape index (κ1) is 32.0. The average molecular weight is 706 g/mol. The van der Waals surface area contributed by atoms with Crippen LogP contribution >= 0.6 is 11.3 Å². The van der Waals surface area contributed by atoms with Gasteiger partial charge < -0.3 is 4.90 Å². The van der Waals surface area contributed by atoms with Crippen LogP contribution in [0, 0.1) is 0 Å². The summed E-state index contributed by atoms with van der Waals surface area (Å²) in [6.07, 6.45) is 0. The second kappa shape index (κ2) is 13.7. The lowest BCUT2D eigenvalue weighted by Gasteiger charge is -2.30. The lowest BCUT2D eigenvalue weighted by molar-refractivity contribution is 1.29. The van der Waals surface area contributed by atoms with Crippen molar-refractivity contribution in [1.29, 1.82) is 0 Å². The number of hydrogen-bond donors (Lipinski definition) is 0. The van der Waals surface area contributed by atoms with Gasteiger partial charge in [-0.3, -0.25) is 0 Å². The van der Waals surface area contributed by atoms with Gasteiger partial charge in [-0.1, -0.05) is 176 Å². The van der Waals surface area contributed by atoms with Crippen LogP contribution in [0.3, 0.4) is 0 Å². The fraction of sp³-hybridized carbons (Fsp3) is 0. The molecule has 10 aromatic rings. The minimum atomic E-state index is 1.10. The molecule has 2 heteroatoms. The second-order valence-electron chi connectivity index (χ2n) is 13.7. The van der Waals surface area contributed by atoms with Crippen LogP contribution in [0.1, 0.15) is 0 Å². The molecule has 0 saturated carbocycles. The Morgan fingerprint density at radius 3 is 1.63 bits per heavy atom. The lowest BCUT2D eigenvalue weighted by Crippen LogP contribution is -2.12. The zero-order valence-electron chi connectivity index (χ0n) is 29.6. The molecule has 0 spiro atoms. The van der Waals surface area contributed by atoms with E-state index < -0.39 is 0 Å². The van der Waals surface area contributed by atoms with Crippen molar-refractivity contribution in [2.24, 2.45) is 0 Å². The van der Waals surface area contributed by atoms with Gasteiger partial charge in [0, 0.05) is 37.0 Å². The third-order valence-electron chi connectivity index (χ3n) is 10.5. The first-order valence-corrected chi connectivity index (χ1v) is 19.2. The summed E-state index contributed by atoms with van der Waals surface area (Å²) in [5.74, 6) is 0. The van der Waals surface area contributed by atoms with Gasteiger partial charge in [0.1, 0.15) is 0 Å². The summed E-state index contributed by atoms with van der Waals surface area (Å²) in [6, 6.07) is 77.2. The van der Waals surface area contributed by atoms with Crippen molar-refractivity contribution >= 4 is 59.3 Å². The summed E-state index contributed by atoms with van der Waals surface area (Å²) in [5.41, 5.74) is 13.0. The minimum absolute atomic E-state index is 1.10. The van der Waals surface area contributed by atoms with Gasteiger partial charge in [0.15, 0.2) is 0 Å². The van der Waals surface area contributed by atoms with Crippen molar-refractivity contribution in [3.63, 3.8) is 0 Å². The Labute approximate surface area is 319 Å². The maximum absolute atomic E-state index is 2.47. The zero-order valence-corrected chi connectivity index (χ0v) is 30.4. The van der Waals surface area contributed by atoms with E-state index in [2.05, 4.69) is 217 Å². The van der Waals surface area contributed by atoms with E-state index in [1.165, 1.54) is 75.5 Å². The molecule has 0 bridgehead atoms. The van der Waals surface area contributed by atoms with Crippen molar-refractivity contribution in [2.45, 2.75) is 0 Å². The van der Waals surface area contributed by atoms with E-state index in [1.807, 2.05) is 11.3 Å². The maximum atomic E-state index is 2.47. The van der Waals surface area contributed by atoms with Crippen molar-refractivity contribution in [3.8, 4) is 44.5 Å². The lowest BCUT2D eigenvalue weighted by atomic mass is 9.95. The molecule has 1 nitrogen and oxygen atoms in total. The zero-order chi connectivity index (χ0) is 35.8. The topological polar surface area (TPSA) is 3.24 Å². The predicted molar refractivity (Wildman–Crippen MR) is 233 cm³/mol. The van der Waals surface area contributed by atoms with Crippen molar-refractivity contribution < 1.29 is 0 Å². The van der Waals surface area contributed by atoms with Crippen LogP contribution < -0.4 is 4.90 Å². The molecule has 0 atom stereocenters. The Morgan fingerprint density at radius 2 is 0.889 bits per heavy atom. The summed E-state index contributed by atoms with van der Waals surface area (Å²) in [5, 5.41) is 5.06. The highest BCUT2D eigenvalue weighted by Gasteiger charge is 2.24. The van der Waals surface area contributed by atoms with Gasteiger partial charge in [-0.05, 0) is 80.6 Å². The quantitative estimate of drug-likeness (QED) is 0.160. The minimum Gasteiger partial charge on any atom is -0.309 e. The van der Waals surface area contributed by atoms with Crippen LogP contribution in [-0.4, -0.2) is 0 Å². The van der Waals surface area contributed by atoms with E-state index in [1.54, 1.807) is 0 Å². The SMILES string of the molecule is c1ccc(-c2ccc(-c3ccc(N(c4ccccc4-c4ccccc4)c4ccc5c(sc6ccccc65)c4-c4ccc5ccccc5c4)cc3)cc2)cc1. The normalized spacial score (nSPS) is 11.3. The number of rotatable bonds is 7. The van der Waals surface area contributed by atoms with E-state index in [-0.39, 0.29) is 0 Å². The Kier molecular flexibility index (Phi) is 8.09. The maximum Gasteiger partial charge on any atom is 0.0554 e. The molecule has 0 aliphatic rings. The van der Waals surface area contributed by atoms with Crippen molar-refractivity contribution in [3.05, 3.63) is 212 Å². The molecule has 254 valence electrons. The van der Waals surface area contributed by atoms with Crippen LogP contribution in [0.4, 0.5) is 17.1 Å². The highest BCUT2D eigenvalue weighted by atomic mass is 32.1. The molecule has 0 amide bonds. The number of hydrogen-bond acceptors (Lipinski definition) is 2.